The van der Waals surface area contributed by atoms with Gasteiger partial charge in [0, 0.05) is 19.3 Å². The predicted molar refractivity (Wildman–Crippen MR) is 60.3 cm³/mol. The van der Waals surface area contributed by atoms with E-state index in [4.69, 9.17) is 9.78 Å². The highest BCUT2D eigenvalue weighted by molar-refractivity contribution is 5.22. The molecule has 0 atom stereocenters. The second-order valence-corrected chi connectivity index (χ2v) is 4.40. The molecule has 0 aromatic carbocycles. The van der Waals surface area contributed by atoms with Crippen LogP contribution in [0.4, 0.5) is 0 Å². The molecule has 2 aromatic heterocycles. The molecule has 0 N–H and O–H groups in total. The molecule has 1 aliphatic rings. The monoisotopic (exact) mass is 244 g/mol. The molecule has 1 saturated heterocycles. The molecule has 3 heterocycles. The van der Waals surface area contributed by atoms with Crippen molar-refractivity contribution in [2.24, 2.45) is 0 Å². The van der Waals surface area contributed by atoms with Crippen LogP contribution in [0, 0.1) is 18.3 Å². The Labute approximate surface area is 104 Å². The molecule has 3 rings (SSSR count). The topological polar surface area (TPSA) is 83.8 Å². The number of rotatable bonds is 3. The number of aryl methyl sites for hydroxylation is 1. The van der Waals surface area contributed by atoms with E-state index in [1.54, 1.807) is 19.3 Å². The van der Waals surface area contributed by atoms with E-state index in [2.05, 4.69) is 26.2 Å². The van der Waals surface area contributed by atoms with Gasteiger partial charge in [-0.3, -0.25) is 9.58 Å². The predicted octanol–water partition coefficient (Wildman–Crippen LogP) is 0.503. The van der Waals surface area contributed by atoms with Crippen LogP contribution in [0.15, 0.2) is 16.9 Å². The third-order valence-electron chi connectivity index (χ3n) is 2.97. The van der Waals surface area contributed by atoms with Crippen molar-refractivity contribution in [2.75, 3.05) is 13.1 Å². The summed E-state index contributed by atoms with van der Waals surface area (Å²) in [5, 5.41) is 16.7. The molecule has 0 bridgehead atoms. The minimum atomic E-state index is 0.330. The zero-order valence-electron chi connectivity index (χ0n) is 9.94. The molecule has 7 nitrogen and oxygen atoms in total. The van der Waals surface area contributed by atoms with Crippen LogP contribution in [-0.2, 0) is 6.54 Å². The van der Waals surface area contributed by atoms with E-state index in [1.807, 2.05) is 4.68 Å². The number of hydrogen-bond donors (Lipinski definition) is 0. The first-order chi connectivity index (χ1) is 8.74. The van der Waals surface area contributed by atoms with Crippen LogP contribution in [0.5, 0.6) is 0 Å². The average Bonchev–Trinajstić information content (AvgIpc) is 2.91. The fourth-order valence-corrected chi connectivity index (χ4v) is 2.03. The number of hydrogen-bond acceptors (Lipinski definition) is 6. The van der Waals surface area contributed by atoms with E-state index in [0.717, 1.165) is 13.1 Å². The van der Waals surface area contributed by atoms with Crippen LogP contribution in [0.3, 0.4) is 0 Å². The van der Waals surface area contributed by atoms with Gasteiger partial charge in [-0.1, -0.05) is 5.16 Å². The van der Waals surface area contributed by atoms with Crippen molar-refractivity contribution in [3.05, 3.63) is 29.7 Å². The normalized spacial score (nSPS) is 16.4. The Morgan fingerprint density at radius 3 is 3.00 bits per heavy atom. The van der Waals surface area contributed by atoms with E-state index in [-0.39, 0.29) is 0 Å². The third kappa shape index (κ3) is 1.98. The molecule has 1 aliphatic heterocycles. The molecule has 0 unspecified atom stereocenters. The summed E-state index contributed by atoms with van der Waals surface area (Å²) in [6, 6.07) is 2.40. The van der Waals surface area contributed by atoms with Gasteiger partial charge >= 0.3 is 0 Å². The van der Waals surface area contributed by atoms with E-state index in [9.17, 15) is 0 Å². The van der Waals surface area contributed by atoms with Gasteiger partial charge in [0.1, 0.15) is 6.07 Å². The van der Waals surface area contributed by atoms with E-state index in [0.29, 0.717) is 29.9 Å². The minimum absolute atomic E-state index is 0.330. The quantitative estimate of drug-likeness (QED) is 0.781. The first-order valence-electron chi connectivity index (χ1n) is 5.70. The maximum absolute atomic E-state index is 8.73. The highest BCUT2D eigenvalue weighted by Crippen LogP contribution is 2.22. The summed E-state index contributed by atoms with van der Waals surface area (Å²) < 4.78 is 6.91. The maximum atomic E-state index is 8.73. The Morgan fingerprint density at radius 2 is 2.39 bits per heavy atom. The second-order valence-electron chi connectivity index (χ2n) is 4.40. The fraction of sp³-hybridized carbons (Fsp3) is 0.455. The van der Waals surface area contributed by atoms with Crippen molar-refractivity contribution in [1.82, 2.24) is 24.8 Å². The molecule has 2 aromatic rings. The van der Waals surface area contributed by atoms with E-state index < -0.39 is 0 Å². The highest BCUT2D eigenvalue weighted by Gasteiger charge is 2.29. The van der Waals surface area contributed by atoms with Crippen molar-refractivity contribution in [1.29, 1.82) is 5.26 Å². The van der Waals surface area contributed by atoms with Crippen molar-refractivity contribution >= 4 is 0 Å². The lowest BCUT2D eigenvalue weighted by Crippen LogP contribution is -2.47. The number of aromatic nitrogens is 4. The first-order valence-corrected chi connectivity index (χ1v) is 5.70. The van der Waals surface area contributed by atoms with Crippen molar-refractivity contribution in [2.45, 2.75) is 19.5 Å². The molecule has 0 spiro atoms. The second kappa shape index (κ2) is 4.23. The van der Waals surface area contributed by atoms with Crippen LogP contribution < -0.4 is 0 Å². The van der Waals surface area contributed by atoms with Gasteiger partial charge in [-0.25, -0.2) is 0 Å². The summed E-state index contributed by atoms with van der Waals surface area (Å²) in [5.74, 6) is 1.30. The molecule has 0 radical (unpaired) electrons. The lowest BCUT2D eigenvalue weighted by atomic mass is 10.1. The SMILES string of the molecule is Cc1noc(CN2CC(n3cc(C#N)cn3)C2)n1. The van der Waals surface area contributed by atoms with Crippen molar-refractivity contribution in [3.8, 4) is 6.07 Å². The minimum Gasteiger partial charge on any atom is -0.338 e. The van der Waals surface area contributed by atoms with Gasteiger partial charge in [-0.05, 0) is 6.92 Å². The Balaban J connectivity index is 1.55. The molecule has 0 amide bonds. The molecule has 92 valence electrons. The van der Waals surface area contributed by atoms with Crippen LogP contribution in [0.2, 0.25) is 0 Å². The molecule has 0 saturated carbocycles. The van der Waals surface area contributed by atoms with Gasteiger partial charge in [0.05, 0.1) is 24.3 Å². The molecule has 0 aliphatic carbocycles. The van der Waals surface area contributed by atoms with Gasteiger partial charge in [-0.15, -0.1) is 0 Å². The van der Waals surface area contributed by atoms with Gasteiger partial charge in [0.2, 0.25) is 5.89 Å². The summed E-state index contributed by atoms with van der Waals surface area (Å²) >= 11 is 0. The Hall–Kier alpha value is -2.20. The summed E-state index contributed by atoms with van der Waals surface area (Å²) in [6.07, 6.45) is 3.36. The maximum Gasteiger partial charge on any atom is 0.240 e. The van der Waals surface area contributed by atoms with E-state index >= 15 is 0 Å². The standard InChI is InChI=1S/C11H12N6O/c1-8-14-11(18-15-8)7-16-5-10(6-16)17-4-9(2-12)3-13-17/h3-4,10H,5-7H2,1H3. The largest absolute Gasteiger partial charge is 0.338 e. The molecule has 7 heteroatoms. The lowest BCUT2D eigenvalue weighted by Gasteiger charge is -2.38. The van der Waals surface area contributed by atoms with Crippen LogP contribution in [0.1, 0.15) is 23.3 Å². The summed E-state index contributed by atoms with van der Waals surface area (Å²) in [7, 11) is 0. The zero-order valence-corrected chi connectivity index (χ0v) is 9.94. The molecule has 1 fully saturated rings. The Bertz CT molecular complexity index is 589. The Kier molecular flexibility index (Phi) is 2.57. The number of nitrogens with zero attached hydrogens (tertiary/aromatic N) is 6. The van der Waals surface area contributed by atoms with Crippen molar-refractivity contribution in [3.63, 3.8) is 0 Å². The van der Waals surface area contributed by atoms with Crippen LogP contribution in [0.25, 0.3) is 0 Å². The third-order valence-corrected chi connectivity index (χ3v) is 2.97. The van der Waals surface area contributed by atoms with Crippen LogP contribution in [-0.4, -0.2) is 37.9 Å². The summed E-state index contributed by atoms with van der Waals surface area (Å²) in [6.45, 7) is 4.24. The average molecular weight is 244 g/mol. The van der Waals surface area contributed by atoms with Gasteiger partial charge in [-0.2, -0.15) is 15.3 Å². The number of nitriles is 1. The van der Waals surface area contributed by atoms with Crippen LogP contribution >= 0.6 is 0 Å². The van der Waals surface area contributed by atoms with E-state index in [1.165, 1.54) is 0 Å². The lowest BCUT2D eigenvalue weighted by molar-refractivity contribution is 0.0790. The Morgan fingerprint density at radius 1 is 1.56 bits per heavy atom. The van der Waals surface area contributed by atoms with Gasteiger partial charge in [0.15, 0.2) is 5.82 Å². The number of likely N-dealkylation sites (tertiary alicyclic amines) is 1. The molecular weight excluding hydrogens is 232 g/mol. The molecular formula is C11H12N6O. The highest BCUT2D eigenvalue weighted by atomic mass is 16.5. The molecule has 18 heavy (non-hydrogen) atoms. The summed E-state index contributed by atoms with van der Waals surface area (Å²) in [4.78, 5) is 6.36. The van der Waals surface area contributed by atoms with Gasteiger partial charge in [0.25, 0.3) is 0 Å². The zero-order chi connectivity index (χ0) is 12.5. The fourth-order valence-electron chi connectivity index (χ4n) is 2.03. The van der Waals surface area contributed by atoms with Crippen molar-refractivity contribution < 1.29 is 4.52 Å². The first kappa shape index (κ1) is 10.9. The summed E-state index contributed by atoms with van der Waals surface area (Å²) in [5.41, 5.74) is 0.598. The smallest absolute Gasteiger partial charge is 0.240 e. The van der Waals surface area contributed by atoms with Gasteiger partial charge < -0.3 is 4.52 Å².